The molecule has 1 aliphatic heterocycles. The minimum absolute atomic E-state index is 0.205. The van der Waals surface area contributed by atoms with Crippen LogP contribution in [0.5, 0.6) is 0 Å². The molecule has 0 saturated heterocycles. The van der Waals surface area contributed by atoms with E-state index in [1.807, 2.05) is 70.3 Å². The fraction of sp³-hybridized carbons (Fsp3) is 0.292. The summed E-state index contributed by atoms with van der Waals surface area (Å²) in [5, 5.41) is 13.0. The lowest BCUT2D eigenvalue weighted by atomic mass is 10.1. The summed E-state index contributed by atoms with van der Waals surface area (Å²) < 4.78 is 36.5. The van der Waals surface area contributed by atoms with E-state index >= 15 is 0 Å². The zero-order chi connectivity index (χ0) is 23.3. The summed E-state index contributed by atoms with van der Waals surface area (Å²) in [5.74, 6) is 0.684. The molecule has 0 bridgehead atoms. The third kappa shape index (κ3) is 3.67. The Bertz CT molecular complexity index is 1430. The van der Waals surface area contributed by atoms with E-state index in [4.69, 9.17) is 4.42 Å². The van der Waals surface area contributed by atoms with E-state index in [0.29, 0.717) is 29.4 Å². The van der Waals surface area contributed by atoms with E-state index in [9.17, 15) is 8.42 Å². The number of sulfonamides is 1. The Hall–Kier alpha value is -3.30. The highest BCUT2D eigenvalue weighted by Gasteiger charge is 2.35. The van der Waals surface area contributed by atoms with Crippen LogP contribution in [0.4, 0.5) is 0 Å². The number of benzene rings is 2. The van der Waals surface area contributed by atoms with E-state index < -0.39 is 10.0 Å². The van der Waals surface area contributed by atoms with Gasteiger partial charge in [0.15, 0.2) is 5.69 Å². The second kappa shape index (κ2) is 7.93. The van der Waals surface area contributed by atoms with Crippen molar-refractivity contribution < 1.29 is 12.8 Å². The highest BCUT2D eigenvalue weighted by molar-refractivity contribution is 7.89. The third-order valence-corrected chi connectivity index (χ3v) is 8.21. The van der Waals surface area contributed by atoms with E-state index in [0.717, 1.165) is 33.5 Å². The van der Waals surface area contributed by atoms with Crippen LogP contribution in [0.2, 0.25) is 0 Å². The quantitative estimate of drug-likeness (QED) is 0.457. The van der Waals surface area contributed by atoms with Crippen LogP contribution in [0.15, 0.2) is 51.8 Å². The Morgan fingerprint density at radius 1 is 0.970 bits per heavy atom. The predicted molar refractivity (Wildman–Crippen MR) is 124 cm³/mol. The zero-order valence-corrected chi connectivity index (χ0v) is 19.8. The fourth-order valence-electron chi connectivity index (χ4n) is 4.66. The maximum atomic E-state index is 13.6. The molecule has 3 heterocycles. The molecule has 0 radical (unpaired) electrons. The smallest absolute Gasteiger partial charge is 0.268 e. The van der Waals surface area contributed by atoms with Crippen molar-refractivity contribution in [1.29, 1.82) is 0 Å². The van der Waals surface area contributed by atoms with Gasteiger partial charge in [-0.05, 0) is 44.0 Å². The summed E-state index contributed by atoms with van der Waals surface area (Å²) in [6.07, 6.45) is 0.557. The normalized spacial score (nSPS) is 14.4. The molecule has 1 aliphatic rings. The molecule has 0 amide bonds. The lowest BCUT2D eigenvalue weighted by molar-refractivity contribution is 0.385. The van der Waals surface area contributed by atoms with E-state index in [-0.39, 0.29) is 12.4 Å². The Kier molecular flexibility index (Phi) is 5.18. The van der Waals surface area contributed by atoms with Gasteiger partial charge in [0.1, 0.15) is 0 Å². The molecule has 33 heavy (non-hydrogen) atoms. The second-order valence-electron chi connectivity index (χ2n) is 8.49. The molecular formula is C24H25N5O3S. The average molecular weight is 464 g/mol. The number of rotatable bonds is 4. The molecular weight excluding hydrogens is 438 g/mol. The van der Waals surface area contributed by atoms with Gasteiger partial charge in [0, 0.05) is 43.4 Å². The molecule has 170 valence electrons. The van der Waals surface area contributed by atoms with Crippen molar-refractivity contribution in [3.05, 3.63) is 70.4 Å². The molecule has 8 nitrogen and oxygen atoms in total. The first-order valence-electron chi connectivity index (χ1n) is 10.8. The van der Waals surface area contributed by atoms with Crippen LogP contribution in [0, 0.1) is 20.8 Å². The first-order valence-corrected chi connectivity index (χ1v) is 12.2. The van der Waals surface area contributed by atoms with Crippen LogP contribution in [0.1, 0.15) is 27.9 Å². The first-order chi connectivity index (χ1) is 15.8. The molecule has 9 heteroatoms. The van der Waals surface area contributed by atoms with Gasteiger partial charge in [-0.2, -0.15) is 9.40 Å². The Balaban J connectivity index is 1.53. The van der Waals surface area contributed by atoms with Crippen molar-refractivity contribution in [2.24, 2.45) is 7.05 Å². The summed E-state index contributed by atoms with van der Waals surface area (Å²) in [4.78, 5) is 0.381. The van der Waals surface area contributed by atoms with Gasteiger partial charge in [-0.1, -0.05) is 35.9 Å². The van der Waals surface area contributed by atoms with Gasteiger partial charge in [-0.3, -0.25) is 4.68 Å². The molecule has 2 aromatic carbocycles. The Morgan fingerprint density at radius 3 is 2.33 bits per heavy atom. The topological polar surface area (TPSA) is 94.1 Å². The molecule has 0 unspecified atom stereocenters. The zero-order valence-electron chi connectivity index (χ0n) is 19.0. The van der Waals surface area contributed by atoms with Crippen LogP contribution in [0.25, 0.3) is 23.0 Å². The summed E-state index contributed by atoms with van der Waals surface area (Å²) in [7, 11) is -1.82. The standard InChI is InChI=1S/C24H25N5O3S/c1-15-12-16(2)22(17(3)13-15)33(30,31)29-11-10-20-19(14-29)21(27-28(20)4)24-26-25-23(32-24)18-8-6-5-7-9-18/h5-9,12-13H,10-11,14H2,1-4H3. The molecule has 2 aromatic heterocycles. The molecule has 4 aromatic rings. The third-order valence-electron chi connectivity index (χ3n) is 6.06. The molecule has 0 saturated carbocycles. The maximum Gasteiger partial charge on any atom is 0.268 e. The number of hydrogen-bond donors (Lipinski definition) is 0. The summed E-state index contributed by atoms with van der Waals surface area (Å²) in [6.45, 7) is 6.26. The molecule has 0 N–H and O–H groups in total. The minimum atomic E-state index is -3.68. The number of hydrogen-bond acceptors (Lipinski definition) is 6. The summed E-state index contributed by atoms with van der Waals surface area (Å²) in [6, 6.07) is 13.3. The first kappa shape index (κ1) is 21.5. The van der Waals surface area contributed by atoms with Crippen LogP contribution >= 0.6 is 0 Å². The lowest BCUT2D eigenvalue weighted by Gasteiger charge is -2.28. The van der Waals surface area contributed by atoms with Gasteiger partial charge >= 0.3 is 0 Å². The molecule has 0 fully saturated rings. The maximum absolute atomic E-state index is 13.6. The lowest BCUT2D eigenvalue weighted by Crippen LogP contribution is -2.37. The van der Waals surface area contributed by atoms with Crippen LogP contribution in [-0.4, -0.2) is 39.2 Å². The van der Waals surface area contributed by atoms with Gasteiger partial charge in [0.25, 0.3) is 5.89 Å². The highest BCUT2D eigenvalue weighted by atomic mass is 32.2. The largest absolute Gasteiger partial charge is 0.415 e. The van der Waals surface area contributed by atoms with E-state index in [2.05, 4.69) is 15.3 Å². The minimum Gasteiger partial charge on any atom is -0.415 e. The van der Waals surface area contributed by atoms with Crippen molar-refractivity contribution >= 4 is 10.0 Å². The average Bonchev–Trinajstić information content (AvgIpc) is 3.38. The number of aryl methyl sites for hydroxylation is 4. The number of nitrogens with zero attached hydrogens (tertiary/aromatic N) is 5. The van der Waals surface area contributed by atoms with Gasteiger partial charge in [-0.25, -0.2) is 8.42 Å². The van der Waals surface area contributed by atoms with Crippen molar-refractivity contribution in [3.63, 3.8) is 0 Å². The number of aromatic nitrogens is 4. The van der Waals surface area contributed by atoms with Gasteiger partial charge in [-0.15, -0.1) is 10.2 Å². The summed E-state index contributed by atoms with van der Waals surface area (Å²) in [5.41, 5.74) is 5.69. The van der Waals surface area contributed by atoms with Crippen molar-refractivity contribution in [1.82, 2.24) is 24.3 Å². The van der Waals surface area contributed by atoms with Gasteiger partial charge in [0.05, 0.1) is 4.90 Å². The van der Waals surface area contributed by atoms with E-state index in [1.54, 1.807) is 4.68 Å². The van der Waals surface area contributed by atoms with Crippen LogP contribution < -0.4 is 0 Å². The van der Waals surface area contributed by atoms with Crippen molar-refractivity contribution in [3.8, 4) is 23.0 Å². The van der Waals surface area contributed by atoms with Crippen LogP contribution in [-0.2, 0) is 30.0 Å². The molecule has 0 spiro atoms. The predicted octanol–water partition coefficient (Wildman–Crippen LogP) is 3.81. The second-order valence-corrected chi connectivity index (χ2v) is 10.4. The molecule has 0 aliphatic carbocycles. The number of fused-ring (bicyclic) bond motifs is 1. The molecule has 5 rings (SSSR count). The van der Waals surface area contributed by atoms with Crippen molar-refractivity contribution in [2.75, 3.05) is 6.54 Å². The van der Waals surface area contributed by atoms with E-state index in [1.165, 1.54) is 4.31 Å². The van der Waals surface area contributed by atoms with Gasteiger partial charge in [0.2, 0.25) is 15.9 Å². The highest BCUT2D eigenvalue weighted by Crippen LogP contribution is 2.34. The SMILES string of the molecule is Cc1cc(C)c(S(=O)(=O)N2CCc3c(c(-c4nnc(-c5ccccc5)o4)nn3C)C2)c(C)c1. The Labute approximate surface area is 192 Å². The monoisotopic (exact) mass is 463 g/mol. The fourth-order valence-corrected chi connectivity index (χ4v) is 6.48. The van der Waals surface area contributed by atoms with Crippen molar-refractivity contribution in [2.45, 2.75) is 38.6 Å². The Morgan fingerprint density at radius 2 is 1.64 bits per heavy atom. The van der Waals surface area contributed by atoms with Gasteiger partial charge < -0.3 is 4.42 Å². The van der Waals surface area contributed by atoms with Crippen LogP contribution in [0.3, 0.4) is 0 Å². The molecule has 0 atom stereocenters. The summed E-state index contributed by atoms with van der Waals surface area (Å²) >= 11 is 0.